The highest BCUT2D eigenvalue weighted by atomic mass is 16.5. The molecule has 5 heteroatoms. The number of ether oxygens (including phenoxy) is 2. The van der Waals surface area contributed by atoms with Crippen LogP contribution in [0.5, 0.6) is 0 Å². The lowest BCUT2D eigenvalue weighted by Gasteiger charge is -2.24. The summed E-state index contributed by atoms with van der Waals surface area (Å²) >= 11 is 0. The number of rotatable bonds is 4. The van der Waals surface area contributed by atoms with Gasteiger partial charge in [-0.05, 0) is 6.92 Å². The van der Waals surface area contributed by atoms with Crippen molar-refractivity contribution in [3.8, 4) is 0 Å². The van der Waals surface area contributed by atoms with Crippen molar-refractivity contribution in [3.63, 3.8) is 0 Å². The molecule has 0 aromatic heterocycles. The van der Waals surface area contributed by atoms with Crippen molar-refractivity contribution < 1.29 is 14.3 Å². The molecule has 1 saturated heterocycles. The van der Waals surface area contributed by atoms with E-state index < -0.39 is 0 Å². The summed E-state index contributed by atoms with van der Waals surface area (Å²) in [7, 11) is 1.62. The van der Waals surface area contributed by atoms with Gasteiger partial charge in [-0.1, -0.05) is 0 Å². The molecule has 1 fully saturated rings. The standard InChI is InChI=1S/C9H18N2O3/c1-7(5-13-2)11-9(12)8-6-14-4-3-10-8/h7-8,10H,3-6H2,1-2H3,(H,11,12). The second-order valence-corrected chi connectivity index (χ2v) is 3.45. The van der Waals surface area contributed by atoms with Crippen LogP contribution in [0, 0.1) is 0 Å². The first kappa shape index (κ1) is 11.4. The smallest absolute Gasteiger partial charge is 0.239 e. The number of nitrogens with one attached hydrogen (secondary N) is 2. The van der Waals surface area contributed by atoms with Gasteiger partial charge in [-0.15, -0.1) is 0 Å². The molecule has 1 amide bonds. The number of methoxy groups -OCH3 is 1. The second kappa shape index (κ2) is 5.95. The molecule has 1 heterocycles. The molecule has 0 radical (unpaired) electrons. The molecular formula is C9H18N2O3. The van der Waals surface area contributed by atoms with E-state index in [0.717, 1.165) is 6.54 Å². The summed E-state index contributed by atoms with van der Waals surface area (Å²) in [6.45, 7) is 4.30. The van der Waals surface area contributed by atoms with Gasteiger partial charge in [0.1, 0.15) is 6.04 Å². The van der Waals surface area contributed by atoms with Gasteiger partial charge in [0.15, 0.2) is 0 Å². The fourth-order valence-corrected chi connectivity index (χ4v) is 1.37. The van der Waals surface area contributed by atoms with Crippen LogP contribution in [0.3, 0.4) is 0 Å². The average molecular weight is 202 g/mol. The van der Waals surface area contributed by atoms with E-state index in [0.29, 0.717) is 19.8 Å². The Morgan fingerprint density at radius 3 is 3.14 bits per heavy atom. The minimum absolute atomic E-state index is 0.0192. The van der Waals surface area contributed by atoms with Gasteiger partial charge in [0.2, 0.25) is 5.91 Å². The summed E-state index contributed by atoms with van der Waals surface area (Å²) in [5.41, 5.74) is 0. The molecule has 0 bridgehead atoms. The zero-order valence-electron chi connectivity index (χ0n) is 8.71. The van der Waals surface area contributed by atoms with Gasteiger partial charge >= 0.3 is 0 Å². The maximum absolute atomic E-state index is 11.6. The highest BCUT2D eigenvalue weighted by Gasteiger charge is 2.21. The molecule has 0 spiro atoms. The van der Waals surface area contributed by atoms with Crippen LogP contribution in [0.25, 0.3) is 0 Å². The predicted molar refractivity (Wildman–Crippen MR) is 52.1 cm³/mol. The maximum Gasteiger partial charge on any atom is 0.239 e. The Hall–Kier alpha value is -0.650. The molecule has 0 aromatic rings. The number of hydrogen-bond donors (Lipinski definition) is 2. The van der Waals surface area contributed by atoms with Gasteiger partial charge in [-0.25, -0.2) is 0 Å². The van der Waals surface area contributed by atoms with E-state index in [2.05, 4.69) is 10.6 Å². The van der Waals surface area contributed by atoms with Crippen molar-refractivity contribution in [3.05, 3.63) is 0 Å². The van der Waals surface area contributed by atoms with Crippen LogP contribution in [0.4, 0.5) is 0 Å². The molecule has 5 nitrogen and oxygen atoms in total. The average Bonchev–Trinajstić information content (AvgIpc) is 2.19. The molecule has 0 aliphatic carbocycles. The fourth-order valence-electron chi connectivity index (χ4n) is 1.37. The predicted octanol–water partition coefficient (Wildman–Crippen LogP) is -0.874. The Morgan fingerprint density at radius 2 is 2.57 bits per heavy atom. The fraction of sp³-hybridized carbons (Fsp3) is 0.889. The van der Waals surface area contributed by atoms with E-state index in [1.165, 1.54) is 0 Å². The summed E-state index contributed by atoms with van der Waals surface area (Å²) in [4.78, 5) is 11.6. The molecule has 14 heavy (non-hydrogen) atoms. The monoisotopic (exact) mass is 202 g/mol. The van der Waals surface area contributed by atoms with E-state index in [9.17, 15) is 4.79 Å². The first-order valence-corrected chi connectivity index (χ1v) is 4.84. The summed E-state index contributed by atoms with van der Waals surface area (Å²) in [6.07, 6.45) is 0. The molecular weight excluding hydrogens is 184 g/mol. The lowest BCUT2D eigenvalue weighted by Crippen LogP contribution is -2.53. The van der Waals surface area contributed by atoms with Crippen LogP contribution < -0.4 is 10.6 Å². The number of morpholine rings is 1. The van der Waals surface area contributed by atoms with Gasteiger partial charge in [0.25, 0.3) is 0 Å². The Morgan fingerprint density at radius 1 is 1.79 bits per heavy atom. The molecule has 2 unspecified atom stereocenters. The van der Waals surface area contributed by atoms with Crippen LogP contribution in [-0.4, -0.2) is 51.5 Å². The Labute approximate surface area is 84.1 Å². The number of carbonyl (C=O) groups excluding carboxylic acids is 1. The molecule has 82 valence electrons. The Balaban J connectivity index is 2.25. The third-order valence-corrected chi connectivity index (χ3v) is 2.04. The zero-order valence-corrected chi connectivity index (χ0v) is 8.71. The lowest BCUT2D eigenvalue weighted by molar-refractivity contribution is -0.126. The summed E-state index contributed by atoms with van der Waals surface area (Å²) in [6, 6.07) is -0.181. The molecule has 0 saturated carbocycles. The second-order valence-electron chi connectivity index (χ2n) is 3.45. The Kier molecular flexibility index (Phi) is 4.86. The van der Waals surface area contributed by atoms with Crippen LogP contribution in [-0.2, 0) is 14.3 Å². The topological polar surface area (TPSA) is 59.6 Å². The quantitative estimate of drug-likeness (QED) is 0.622. The normalized spacial score (nSPS) is 24.3. The van der Waals surface area contributed by atoms with Crippen molar-refractivity contribution in [1.82, 2.24) is 10.6 Å². The highest BCUT2D eigenvalue weighted by molar-refractivity contribution is 5.82. The van der Waals surface area contributed by atoms with Gasteiger partial charge in [-0.3, -0.25) is 4.79 Å². The van der Waals surface area contributed by atoms with Gasteiger partial charge in [0, 0.05) is 19.7 Å². The first-order chi connectivity index (χ1) is 6.74. The van der Waals surface area contributed by atoms with E-state index in [-0.39, 0.29) is 18.0 Å². The molecule has 2 atom stereocenters. The molecule has 2 N–H and O–H groups in total. The van der Waals surface area contributed by atoms with Crippen molar-refractivity contribution in [2.45, 2.75) is 19.0 Å². The Bertz CT molecular complexity index is 181. The van der Waals surface area contributed by atoms with Crippen molar-refractivity contribution >= 4 is 5.91 Å². The number of hydrogen-bond acceptors (Lipinski definition) is 4. The van der Waals surface area contributed by atoms with Gasteiger partial charge in [-0.2, -0.15) is 0 Å². The summed E-state index contributed by atoms with van der Waals surface area (Å²) in [5.74, 6) is -0.0192. The largest absolute Gasteiger partial charge is 0.383 e. The van der Waals surface area contributed by atoms with Crippen LogP contribution in [0.2, 0.25) is 0 Å². The van der Waals surface area contributed by atoms with Crippen molar-refractivity contribution in [1.29, 1.82) is 0 Å². The SMILES string of the molecule is COCC(C)NC(=O)C1COCCN1. The van der Waals surface area contributed by atoms with E-state index >= 15 is 0 Å². The highest BCUT2D eigenvalue weighted by Crippen LogP contribution is 1.94. The van der Waals surface area contributed by atoms with E-state index in [1.54, 1.807) is 7.11 Å². The first-order valence-electron chi connectivity index (χ1n) is 4.84. The zero-order chi connectivity index (χ0) is 10.4. The van der Waals surface area contributed by atoms with Gasteiger partial charge < -0.3 is 20.1 Å². The third-order valence-electron chi connectivity index (χ3n) is 2.04. The van der Waals surface area contributed by atoms with Crippen LogP contribution >= 0.6 is 0 Å². The maximum atomic E-state index is 11.6. The lowest BCUT2D eigenvalue weighted by atomic mass is 10.2. The van der Waals surface area contributed by atoms with Crippen LogP contribution in [0.1, 0.15) is 6.92 Å². The van der Waals surface area contributed by atoms with Crippen LogP contribution in [0.15, 0.2) is 0 Å². The van der Waals surface area contributed by atoms with Crippen molar-refractivity contribution in [2.24, 2.45) is 0 Å². The summed E-state index contributed by atoms with van der Waals surface area (Å²) < 4.78 is 10.1. The minimum Gasteiger partial charge on any atom is -0.383 e. The molecule has 1 aliphatic rings. The molecule has 1 rings (SSSR count). The minimum atomic E-state index is -0.219. The summed E-state index contributed by atoms with van der Waals surface area (Å²) in [5, 5.41) is 5.93. The molecule has 0 aromatic carbocycles. The number of carbonyl (C=O) groups is 1. The third kappa shape index (κ3) is 3.61. The van der Waals surface area contributed by atoms with E-state index in [1.807, 2.05) is 6.92 Å². The van der Waals surface area contributed by atoms with Crippen molar-refractivity contribution in [2.75, 3.05) is 33.5 Å². The molecule has 1 aliphatic heterocycles. The number of amides is 1. The van der Waals surface area contributed by atoms with E-state index in [4.69, 9.17) is 9.47 Å². The van der Waals surface area contributed by atoms with Gasteiger partial charge in [0.05, 0.1) is 19.8 Å².